The van der Waals surface area contributed by atoms with Crippen LogP contribution in [0, 0.1) is 12.3 Å². The molecule has 6 nitrogen and oxygen atoms in total. The van der Waals surface area contributed by atoms with Crippen molar-refractivity contribution in [2.75, 3.05) is 5.32 Å². The van der Waals surface area contributed by atoms with Crippen molar-refractivity contribution in [1.29, 1.82) is 0 Å². The number of fused-ring (bicyclic) bond motifs is 1. The lowest BCUT2D eigenvalue weighted by Crippen LogP contribution is -2.37. The summed E-state index contributed by atoms with van der Waals surface area (Å²) in [5, 5.41) is 4.79. The molecule has 1 N–H and O–H groups in total. The molecule has 0 spiro atoms. The molecule has 2 aromatic heterocycles. The molecular weight excluding hydrogens is 386 g/mol. The van der Waals surface area contributed by atoms with Crippen LogP contribution in [0.2, 0.25) is 0 Å². The lowest BCUT2D eigenvalue weighted by atomic mass is 9.75. The molecule has 2 heterocycles. The lowest BCUT2D eigenvalue weighted by molar-refractivity contribution is 0.0909. The zero-order valence-electron chi connectivity index (χ0n) is 16.5. The third kappa shape index (κ3) is 3.65. The van der Waals surface area contributed by atoms with Crippen LogP contribution in [0.3, 0.4) is 0 Å². The molecule has 0 aliphatic heterocycles. The molecule has 1 aliphatic carbocycles. The number of nitrogens with zero attached hydrogens (tertiary/aromatic N) is 2. The predicted octanol–water partition coefficient (Wildman–Crippen LogP) is 4.01. The van der Waals surface area contributed by atoms with Crippen LogP contribution in [0.25, 0.3) is 5.69 Å². The molecule has 0 bridgehead atoms. The summed E-state index contributed by atoms with van der Waals surface area (Å²) in [6.45, 7) is 5.99. The van der Waals surface area contributed by atoms with Crippen LogP contribution in [0.4, 0.5) is 5.13 Å². The average molecular weight is 407 g/mol. The first-order valence-corrected chi connectivity index (χ1v) is 10.2. The van der Waals surface area contributed by atoms with Crippen LogP contribution in [0.15, 0.2) is 46.7 Å². The fraction of sp³-hybridized carbons (Fsp3) is 0.273. The highest BCUT2D eigenvalue weighted by Crippen LogP contribution is 2.35. The zero-order chi connectivity index (χ0) is 20.8. The number of anilines is 1. The van der Waals surface area contributed by atoms with E-state index < -0.39 is 11.5 Å². The van der Waals surface area contributed by atoms with Gasteiger partial charge in [0.2, 0.25) is 0 Å². The highest BCUT2D eigenvalue weighted by atomic mass is 32.1. The maximum atomic E-state index is 13.4. The number of Topliss-reactive ketones (excluding diaryl/α,β-unsaturated/α-hetero) is 1. The van der Waals surface area contributed by atoms with E-state index in [2.05, 4.69) is 10.3 Å². The first-order chi connectivity index (χ1) is 13.7. The lowest BCUT2D eigenvalue weighted by Gasteiger charge is -2.32. The first-order valence-electron chi connectivity index (χ1n) is 9.35. The van der Waals surface area contributed by atoms with Crippen molar-refractivity contribution in [3.8, 4) is 5.69 Å². The van der Waals surface area contributed by atoms with E-state index in [4.69, 9.17) is 0 Å². The topological polar surface area (TPSA) is 81.1 Å². The van der Waals surface area contributed by atoms with E-state index in [-0.39, 0.29) is 16.8 Å². The quantitative estimate of drug-likeness (QED) is 0.711. The number of carbonyl (C=O) groups is 2. The summed E-state index contributed by atoms with van der Waals surface area (Å²) in [6, 6.07) is 8.94. The van der Waals surface area contributed by atoms with Gasteiger partial charge < -0.3 is 0 Å². The number of thiazole rings is 1. The van der Waals surface area contributed by atoms with E-state index in [0.29, 0.717) is 34.9 Å². The molecule has 7 heteroatoms. The minimum Gasteiger partial charge on any atom is -0.298 e. The van der Waals surface area contributed by atoms with E-state index in [1.165, 1.54) is 22.0 Å². The number of ketones is 1. The second kappa shape index (κ2) is 7.08. The number of aromatic nitrogens is 2. The van der Waals surface area contributed by atoms with Crippen LogP contribution in [0.1, 0.15) is 52.2 Å². The van der Waals surface area contributed by atoms with Gasteiger partial charge in [0.15, 0.2) is 10.9 Å². The van der Waals surface area contributed by atoms with E-state index in [1.54, 1.807) is 11.6 Å². The van der Waals surface area contributed by atoms with Crippen LogP contribution >= 0.6 is 11.3 Å². The highest BCUT2D eigenvalue weighted by molar-refractivity contribution is 7.13. The Morgan fingerprint density at radius 3 is 2.55 bits per heavy atom. The van der Waals surface area contributed by atoms with E-state index in [9.17, 15) is 14.4 Å². The van der Waals surface area contributed by atoms with Gasteiger partial charge in [-0.3, -0.25) is 24.3 Å². The number of pyridine rings is 1. The minimum absolute atomic E-state index is 0.0552. The van der Waals surface area contributed by atoms with Crippen LogP contribution < -0.4 is 10.9 Å². The summed E-state index contributed by atoms with van der Waals surface area (Å²) < 4.78 is 1.52. The molecule has 1 aliphatic rings. The molecule has 0 fully saturated rings. The molecular formula is C22H21N3O3S. The monoisotopic (exact) mass is 407 g/mol. The number of nitrogens with one attached hydrogen (secondary N) is 1. The summed E-state index contributed by atoms with van der Waals surface area (Å²) in [5.41, 5.74) is 2.04. The summed E-state index contributed by atoms with van der Waals surface area (Å²) in [6.07, 6.45) is 2.52. The molecule has 0 radical (unpaired) electrons. The predicted molar refractivity (Wildman–Crippen MR) is 113 cm³/mol. The summed E-state index contributed by atoms with van der Waals surface area (Å²) in [5.74, 6) is -0.619. The van der Waals surface area contributed by atoms with Gasteiger partial charge in [0, 0.05) is 34.9 Å². The Morgan fingerprint density at radius 2 is 1.90 bits per heavy atom. The average Bonchev–Trinajstić information content (AvgIpc) is 3.14. The van der Waals surface area contributed by atoms with Crippen LogP contribution in [-0.4, -0.2) is 21.2 Å². The molecule has 0 saturated carbocycles. The summed E-state index contributed by atoms with van der Waals surface area (Å²) in [7, 11) is 0. The van der Waals surface area contributed by atoms with Gasteiger partial charge in [-0.1, -0.05) is 31.5 Å². The second-order valence-electron chi connectivity index (χ2n) is 8.13. The van der Waals surface area contributed by atoms with Crippen molar-refractivity contribution < 1.29 is 9.59 Å². The standard InChI is InChI=1S/C22H21N3O3S/c1-13-4-6-14(7-5-13)25-17-11-22(2,3)12-18(26)15(17)10-16(20(25)28)19(27)24-21-23-8-9-29-21/h4-10H,11-12H2,1-3H3,(H,23,24,27). The molecule has 1 amide bonds. The van der Waals surface area contributed by atoms with Crippen LogP contribution in [0.5, 0.6) is 0 Å². The Bertz CT molecular complexity index is 1160. The number of benzene rings is 1. The third-order valence-electron chi connectivity index (χ3n) is 5.08. The van der Waals surface area contributed by atoms with Gasteiger partial charge in [-0.2, -0.15) is 0 Å². The van der Waals surface area contributed by atoms with Gasteiger partial charge >= 0.3 is 0 Å². The Kier molecular flexibility index (Phi) is 4.70. The summed E-state index contributed by atoms with van der Waals surface area (Å²) >= 11 is 1.26. The maximum absolute atomic E-state index is 13.4. The number of amides is 1. The molecule has 29 heavy (non-hydrogen) atoms. The van der Waals surface area contributed by atoms with Gasteiger partial charge in [0.25, 0.3) is 11.5 Å². The molecule has 1 aromatic carbocycles. The number of aryl methyl sites for hydroxylation is 1. The van der Waals surface area contributed by atoms with Crippen molar-refractivity contribution in [3.63, 3.8) is 0 Å². The van der Waals surface area contributed by atoms with Crippen molar-refractivity contribution >= 4 is 28.2 Å². The Labute approximate surface area is 172 Å². The van der Waals surface area contributed by atoms with E-state index in [1.807, 2.05) is 45.0 Å². The highest BCUT2D eigenvalue weighted by Gasteiger charge is 2.35. The molecule has 0 saturated heterocycles. The number of hydrogen-bond acceptors (Lipinski definition) is 5. The SMILES string of the molecule is Cc1ccc(-n2c3c(cc(C(=O)Nc4nccs4)c2=O)C(=O)CC(C)(C)C3)cc1. The molecule has 4 rings (SSSR count). The van der Waals surface area contributed by atoms with Gasteiger partial charge in [-0.05, 0) is 37.0 Å². The molecule has 0 atom stereocenters. The maximum Gasteiger partial charge on any atom is 0.268 e. The normalized spacial score (nSPS) is 15.1. The van der Waals surface area contributed by atoms with Gasteiger partial charge in [0.1, 0.15) is 5.56 Å². The fourth-order valence-electron chi connectivity index (χ4n) is 3.69. The number of hydrogen-bond donors (Lipinski definition) is 1. The smallest absolute Gasteiger partial charge is 0.268 e. The third-order valence-corrected chi connectivity index (χ3v) is 5.77. The van der Waals surface area contributed by atoms with Gasteiger partial charge in [0.05, 0.1) is 0 Å². The number of carbonyl (C=O) groups excluding carboxylic acids is 2. The minimum atomic E-state index is -0.564. The molecule has 148 valence electrons. The second-order valence-corrected chi connectivity index (χ2v) is 9.02. The van der Waals surface area contributed by atoms with Gasteiger partial charge in [-0.15, -0.1) is 11.3 Å². The Balaban J connectivity index is 1.93. The number of rotatable bonds is 3. The fourth-order valence-corrected chi connectivity index (χ4v) is 4.22. The van der Waals surface area contributed by atoms with Crippen LogP contribution in [-0.2, 0) is 6.42 Å². The van der Waals surface area contributed by atoms with E-state index >= 15 is 0 Å². The zero-order valence-corrected chi connectivity index (χ0v) is 17.3. The largest absolute Gasteiger partial charge is 0.298 e. The van der Waals surface area contributed by atoms with Crippen molar-refractivity contribution in [2.45, 2.75) is 33.6 Å². The Hall–Kier alpha value is -3.06. The van der Waals surface area contributed by atoms with Gasteiger partial charge in [-0.25, -0.2) is 4.98 Å². The van der Waals surface area contributed by atoms with E-state index in [0.717, 1.165) is 5.56 Å². The van der Waals surface area contributed by atoms with Crippen molar-refractivity contribution in [3.05, 3.63) is 74.6 Å². The molecule has 3 aromatic rings. The Morgan fingerprint density at radius 1 is 1.17 bits per heavy atom. The summed E-state index contributed by atoms with van der Waals surface area (Å²) in [4.78, 5) is 43.1. The van der Waals surface area contributed by atoms with Crippen molar-refractivity contribution in [2.24, 2.45) is 5.41 Å². The first kappa shape index (κ1) is 19.3. The van der Waals surface area contributed by atoms with Crippen molar-refractivity contribution in [1.82, 2.24) is 9.55 Å². The molecule has 0 unspecified atom stereocenters.